The van der Waals surface area contributed by atoms with E-state index in [1.165, 1.54) is 0 Å². The van der Waals surface area contributed by atoms with Gasteiger partial charge in [-0.1, -0.05) is 48.1 Å². The third-order valence-corrected chi connectivity index (χ3v) is 8.92. The fraction of sp³-hybridized carbons (Fsp3) is 0.714. The number of carbonyl (C=O) groups excluding carboxylic acids is 2. The highest BCUT2D eigenvalue weighted by Crippen LogP contribution is 2.67. The summed E-state index contributed by atoms with van der Waals surface area (Å²) in [4.78, 5) is 24.4. The van der Waals surface area contributed by atoms with E-state index in [0.29, 0.717) is 17.3 Å². The van der Waals surface area contributed by atoms with Gasteiger partial charge in [0, 0.05) is 16.7 Å². The Bertz CT molecular complexity index is 728. The molecule has 0 aromatic rings. The second-order valence-electron chi connectivity index (χ2n) is 9.17. The number of ketones is 2. The molecular weight excluding hydrogens is 443 g/mol. The zero-order valence-electron chi connectivity index (χ0n) is 15.4. The quantitative estimate of drug-likeness (QED) is 0.481. The number of hydrogen-bond donors (Lipinski definition) is 2. The Morgan fingerprint density at radius 2 is 2.08 bits per heavy atom. The molecule has 4 nitrogen and oxygen atoms in total. The van der Waals surface area contributed by atoms with E-state index in [1.807, 2.05) is 35.6 Å². The molecule has 0 aliphatic heterocycles. The second-order valence-corrected chi connectivity index (χ2v) is 9.93. The highest BCUT2D eigenvalue weighted by Gasteiger charge is 2.67. The maximum absolute atomic E-state index is 12.6. The molecule has 5 heteroatoms. The maximum atomic E-state index is 12.6. The van der Waals surface area contributed by atoms with E-state index in [2.05, 4.69) is 6.92 Å². The molecule has 7 atom stereocenters. The van der Waals surface area contributed by atoms with Crippen molar-refractivity contribution in [1.29, 1.82) is 0 Å². The van der Waals surface area contributed by atoms with Crippen molar-refractivity contribution >= 4 is 34.2 Å². The van der Waals surface area contributed by atoms with E-state index in [0.717, 1.165) is 24.8 Å². The van der Waals surface area contributed by atoms with Gasteiger partial charge in [-0.15, -0.1) is 0 Å². The molecule has 142 valence electrons. The van der Waals surface area contributed by atoms with Crippen LogP contribution in [0, 0.1) is 28.6 Å². The van der Waals surface area contributed by atoms with Gasteiger partial charge < -0.3 is 10.2 Å². The SMILES string of the molecule is C[C@]12C=CC(=O)C=C1CCC1C2[C@@H](O)C[C@@]2(C)C1CC[C@]2(O)C(=O)CI. The van der Waals surface area contributed by atoms with Crippen molar-refractivity contribution < 1.29 is 19.8 Å². The first-order valence-corrected chi connectivity index (χ1v) is 11.1. The van der Waals surface area contributed by atoms with Crippen molar-refractivity contribution in [2.75, 3.05) is 4.43 Å². The largest absolute Gasteiger partial charge is 0.393 e. The average Bonchev–Trinajstić information content (AvgIpc) is 2.86. The first-order chi connectivity index (χ1) is 12.2. The summed E-state index contributed by atoms with van der Waals surface area (Å²) in [7, 11) is 0. The molecule has 3 unspecified atom stereocenters. The van der Waals surface area contributed by atoms with Crippen molar-refractivity contribution in [3.63, 3.8) is 0 Å². The molecule has 0 aromatic heterocycles. The van der Waals surface area contributed by atoms with E-state index in [4.69, 9.17) is 0 Å². The summed E-state index contributed by atoms with van der Waals surface area (Å²) in [6.45, 7) is 4.16. The molecule has 26 heavy (non-hydrogen) atoms. The van der Waals surface area contributed by atoms with E-state index in [9.17, 15) is 19.8 Å². The Morgan fingerprint density at radius 1 is 1.35 bits per heavy atom. The lowest BCUT2D eigenvalue weighted by Gasteiger charge is -2.59. The summed E-state index contributed by atoms with van der Waals surface area (Å²) in [5.74, 6) is 0.479. The number of alkyl halides is 1. The third-order valence-electron chi connectivity index (χ3n) is 8.23. The van der Waals surface area contributed by atoms with Gasteiger partial charge in [-0.3, -0.25) is 9.59 Å². The number of carbonyl (C=O) groups is 2. The fourth-order valence-electron chi connectivity index (χ4n) is 6.90. The number of rotatable bonds is 2. The predicted molar refractivity (Wildman–Crippen MR) is 107 cm³/mol. The van der Waals surface area contributed by atoms with Gasteiger partial charge in [0.2, 0.25) is 0 Å². The number of aliphatic hydroxyl groups excluding tert-OH is 1. The van der Waals surface area contributed by atoms with Crippen molar-refractivity contribution in [2.24, 2.45) is 28.6 Å². The molecule has 0 saturated heterocycles. The Kier molecular flexibility index (Phi) is 4.33. The lowest BCUT2D eigenvalue weighted by atomic mass is 9.46. The van der Waals surface area contributed by atoms with Gasteiger partial charge in [0.15, 0.2) is 11.6 Å². The number of allylic oxidation sites excluding steroid dienone is 4. The number of Topliss-reactive ketones (excluding diaryl/α,β-unsaturated/α-hetero) is 1. The molecule has 4 aliphatic rings. The van der Waals surface area contributed by atoms with Crippen LogP contribution in [0.5, 0.6) is 0 Å². The number of aliphatic hydroxyl groups is 2. The van der Waals surface area contributed by atoms with Crippen LogP contribution in [0.25, 0.3) is 0 Å². The fourth-order valence-corrected chi connectivity index (χ4v) is 7.53. The molecular formula is C21H27IO4. The number of halogens is 1. The topological polar surface area (TPSA) is 74.6 Å². The summed E-state index contributed by atoms with van der Waals surface area (Å²) < 4.78 is 0.302. The molecule has 4 aliphatic carbocycles. The first-order valence-electron chi connectivity index (χ1n) is 9.61. The van der Waals surface area contributed by atoms with Gasteiger partial charge in [0.1, 0.15) is 5.60 Å². The van der Waals surface area contributed by atoms with Crippen LogP contribution >= 0.6 is 22.6 Å². The van der Waals surface area contributed by atoms with Crippen molar-refractivity contribution in [3.05, 3.63) is 23.8 Å². The van der Waals surface area contributed by atoms with Crippen LogP contribution in [0.2, 0.25) is 0 Å². The third kappa shape index (κ3) is 2.26. The molecule has 0 amide bonds. The van der Waals surface area contributed by atoms with E-state index < -0.39 is 17.1 Å². The zero-order chi connectivity index (χ0) is 18.9. The molecule has 0 aromatic carbocycles. The smallest absolute Gasteiger partial charge is 0.178 e. The second kappa shape index (κ2) is 5.98. The highest BCUT2D eigenvalue weighted by molar-refractivity contribution is 14.1. The van der Waals surface area contributed by atoms with Crippen LogP contribution in [0.15, 0.2) is 23.8 Å². The first kappa shape index (κ1) is 18.8. The summed E-state index contributed by atoms with van der Waals surface area (Å²) in [5.41, 5.74) is -1.06. The molecule has 3 fully saturated rings. The molecule has 0 heterocycles. The van der Waals surface area contributed by atoms with Crippen LogP contribution < -0.4 is 0 Å². The summed E-state index contributed by atoms with van der Waals surface area (Å²) in [6, 6.07) is 0. The molecule has 3 saturated carbocycles. The molecule has 0 radical (unpaired) electrons. The minimum atomic E-state index is -1.32. The van der Waals surface area contributed by atoms with Gasteiger partial charge in [-0.25, -0.2) is 0 Å². The van der Waals surface area contributed by atoms with Crippen LogP contribution in [-0.4, -0.2) is 37.9 Å². The van der Waals surface area contributed by atoms with Gasteiger partial charge in [-0.05, 0) is 56.1 Å². The molecule has 2 N–H and O–H groups in total. The van der Waals surface area contributed by atoms with Crippen molar-refractivity contribution in [1.82, 2.24) is 0 Å². The minimum absolute atomic E-state index is 0.0361. The Morgan fingerprint density at radius 3 is 2.77 bits per heavy atom. The summed E-state index contributed by atoms with van der Waals surface area (Å²) >= 11 is 2.03. The van der Waals surface area contributed by atoms with Crippen molar-refractivity contribution in [3.8, 4) is 0 Å². The monoisotopic (exact) mass is 470 g/mol. The Labute approximate surface area is 168 Å². The Balaban J connectivity index is 1.75. The predicted octanol–water partition coefficient (Wildman–Crippen LogP) is 3.00. The van der Waals surface area contributed by atoms with Crippen LogP contribution in [0.4, 0.5) is 0 Å². The summed E-state index contributed by atoms with van der Waals surface area (Å²) in [6.07, 6.45) is 8.34. The highest BCUT2D eigenvalue weighted by atomic mass is 127. The molecule has 0 bridgehead atoms. The lowest BCUT2D eigenvalue weighted by molar-refractivity contribution is -0.174. The van der Waals surface area contributed by atoms with Gasteiger partial charge in [-0.2, -0.15) is 0 Å². The van der Waals surface area contributed by atoms with Crippen LogP contribution in [-0.2, 0) is 9.59 Å². The average molecular weight is 470 g/mol. The van der Waals surface area contributed by atoms with E-state index in [-0.39, 0.29) is 34.7 Å². The molecule has 4 rings (SSSR count). The summed E-state index contributed by atoms with van der Waals surface area (Å²) in [5, 5.41) is 22.5. The van der Waals surface area contributed by atoms with Gasteiger partial charge in [0.05, 0.1) is 10.5 Å². The zero-order valence-corrected chi connectivity index (χ0v) is 17.5. The van der Waals surface area contributed by atoms with Gasteiger partial charge >= 0.3 is 0 Å². The van der Waals surface area contributed by atoms with Crippen LogP contribution in [0.3, 0.4) is 0 Å². The Hall–Kier alpha value is -0.530. The van der Waals surface area contributed by atoms with Crippen LogP contribution in [0.1, 0.15) is 46.0 Å². The van der Waals surface area contributed by atoms with E-state index in [1.54, 1.807) is 12.2 Å². The number of hydrogen-bond acceptors (Lipinski definition) is 4. The number of fused-ring (bicyclic) bond motifs is 5. The lowest BCUT2D eigenvalue weighted by Crippen LogP contribution is -2.61. The maximum Gasteiger partial charge on any atom is 0.178 e. The van der Waals surface area contributed by atoms with Crippen molar-refractivity contribution in [2.45, 2.75) is 57.7 Å². The molecule has 0 spiro atoms. The minimum Gasteiger partial charge on any atom is -0.393 e. The normalized spacial score (nSPS) is 49.9. The van der Waals surface area contributed by atoms with Gasteiger partial charge in [0.25, 0.3) is 0 Å². The standard InChI is InChI=1S/C21H27IO4/c1-19-7-5-13(23)9-12(19)3-4-14-15-6-8-21(26,17(25)11-22)20(15,2)10-16(24)18(14)19/h5,7,9,14-16,18,24,26H,3-4,6,8,10-11H2,1-2H3/t14?,15?,16-,18?,19-,20-,21-/m0/s1. The van der Waals surface area contributed by atoms with E-state index >= 15 is 0 Å².